The molecule has 2 aromatic carbocycles. The molecule has 0 bridgehead atoms. The number of carbonyl (C=O) groups is 2. The van der Waals surface area contributed by atoms with Crippen molar-refractivity contribution in [1.29, 1.82) is 0 Å². The first-order valence-corrected chi connectivity index (χ1v) is 9.63. The molecule has 6 nitrogen and oxygen atoms in total. The summed E-state index contributed by atoms with van der Waals surface area (Å²) in [6, 6.07) is 12.6. The summed E-state index contributed by atoms with van der Waals surface area (Å²) in [5.74, 6) is -0.708. The van der Waals surface area contributed by atoms with Crippen molar-refractivity contribution >= 4 is 39.9 Å². The van der Waals surface area contributed by atoms with Gasteiger partial charge in [0.05, 0.1) is 5.56 Å². The summed E-state index contributed by atoms with van der Waals surface area (Å²) in [4.78, 5) is 28.7. The Morgan fingerprint density at radius 2 is 2.04 bits per heavy atom. The van der Waals surface area contributed by atoms with Gasteiger partial charge in [-0.05, 0) is 36.2 Å². The molecule has 8 heteroatoms. The first-order valence-electron chi connectivity index (χ1n) is 8.43. The lowest BCUT2D eigenvalue weighted by molar-refractivity contribution is -0.119. The maximum atomic E-state index is 12.6. The van der Waals surface area contributed by atoms with Gasteiger partial charge in [0.25, 0.3) is 11.8 Å². The molecular weight excluding hydrogens is 398 g/mol. The molecule has 0 fully saturated rings. The van der Waals surface area contributed by atoms with E-state index in [-0.39, 0.29) is 18.3 Å². The van der Waals surface area contributed by atoms with E-state index < -0.39 is 5.91 Å². The van der Waals surface area contributed by atoms with Crippen LogP contribution in [0.4, 0.5) is 5.13 Å². The number of thiazole rings is 1. The van der Waals surface area contributed by atoms with E-state index in [9.17, 15) is 9.59 Å². The molecule has 0 saturated heterocycles. The number of nitrogens with zero attached hydrogens (tertiary/aromatic N) is 1. The van der Waals surface area contributed by atoms with Crippen LogP contribution in [0, 0.1) is 6.92 Å². The summed E-state index contributed by atoms with van der Waals surface area (Å²) in [5.41, 5.74) is 7.49. The van der Waals surface area contributed by atoms with Crippen molar-refractivity contribution in [3.63, 3.8) is 0 Å². The number of carbonyl (C=O) groups excluding carboxylic acids is 2. The van der Waals surface area contributed by atoms with Crippen molar-refractivity contribution in [2.24, 2.45) is 5.73 Å². The third-order valence-corrected chi connectivity index (χ3v) is 5.21. The van der Waals surface area contributed by atoms with E-state index in [4.69, 9.17) is 22.1 Å². The highest BCUT2D eigenvalue weighted by Gasteiger charge is 2.15. The number of aryl methyl sites for hydroxylation is 1. The van der Waals surface area contributed by atoms with E-state index in [1.54, 1.807) is 30.5 Å². The van der Waals surface area contributed by atoms with Crippen molar-refractivity contribution in [2.45, 2.75) is 13.3 Å². The van der Waals surface area contributed by atoms with Crippen molar-refractivity contribution in [1.82, 2.24) is 4.98 Å². The Kier molecular flexibility index (Phi) is 6.28. The van der Waals surface area contributed by atoms with Crippen LogP contribution in [0.2, 0.25) is 5.02 Å². The van der Waals surface area contributed by atoms with Crippen LogP contribution in [0.1, 0.15) is 26.4 Å². The Hall–Kier alpha value is -2.90. The third-order valence-electron chi connectivity index (χ3n) is 3.89. The quantitative estimate of drug-likeness (QED) is 0.613. The maximum Gasteiger partial charge on any atom is 0.261 e. The third kappa shape index (κ3) is 5.09. The monoisotopic (exact) mass is 415 g/mol. The second kappa shape index (κ2) is 8.86. The number of para-hydroxylation sites is 1. The molecule has 28 heavy (non-hydrogen) atoms. The number of hydrogen-bond acceptors (Lipinski definition) is 5. The predicted octanol–water partition coefficient (Wildman–Crippen LogP) is 3.81. The van der Waals surface area contributed by atoms with Crippen LogP contribution >= 0.6 is 22.9 Å². The zero-order valence-corrected chi connectivity index (χ0v) is 16.6. The lowest BCUT2D eigenvalue weighted by Gasteiger charge is -2.09. The first kappa shape index (κ1) is 19.9. The van der Waals surface area contributed by atoms with Crippen molar-refractivity contribution in [3.8, 4) is 5.75 Å². The van der Waals surface area contributed by atoms with Crippen molar-refractivity contribution in [3.05, 3.63) is 75.3 Å². The van der Waals surface area contributed by atoms with Gasteiger partial charge in [-0.3, -0.25) is 14.9 Å². The summed E-state index contributed by atoms with van der Waals surface area (Å²) < 4.78 is 5.30. The molecule has 3 aromatic rings. The maximum absolute atomic E-state index is 12.6. The topological polar surface area (TPSA) is 94.3 Å². The average molecular weight is 416 g/mol. The van der Waals surface area contributed by atoms with Gasteiger partial charge in [-0.2, -0.15) is 0 Å². The minimum atomic E-state index is -0.615. The van der Waals surface area contributed by atoms with Crippen LogP contribution in [0.15, 0.2) is 48.7 Å². The highest BCUT2D eigenvalue weighted by atomic mass is 35.5. The summed E-state index contributed by atoms with van der Waals surface area (Å²) >= 11 is 7.56. The van der Waals surface area contributed by atoms with Crippen LogP contribution in [0.3, 0.4) is 0 Å². The Morgan fingerprint density at radius 1 is 1.25 bits per heavy atom. The number of aromatic nitrogens is 1. The van der Waals surface area contributed by atoms with E-state index in [0.717, 1.165) is 21.0 Å². The Morgan fingerprint density at radius 3 is 2.79 bits per heavy atom. The van der Waals surface area contributed by atoms with Crippen LogP contribution in [-0.2, 0) is 11.2 Å². The fraction of sp³-hybridized carbons (Fsp3) is 0.150. The minimum absolute atomic E-state index is 0.282. The molecule has 3 rings (SSSR count). The zero-order chi connectivity index (χ0) is 20.1. The van der Waals surface area contributed by atoms with Gasteiger partial charge in [-0.1, -0.05) is 35.9 Å². The van der Waals surface area contributed by atoms with Crippen molar-refractivity contribution in [2.75, 3.05) is 11.9 Å². The molecule has 0 atom stereocenters. The molecule has 0 unspecified atom stereocenters. The summed E-state index contributed by atoms with van der Waals surface area (Å²) in [7, 11) is 0. The number of nitrogens with one attached hydrogen (secondary N) is 1. The predicted molar refractivity (Wildman–Crippen MR) is 110 cm³/mol. The van der Waals surface area contributed by atoms with Crippen LogP contribution < -0.4 is 15.8 Å². The first-order chi connectivity index (χ1) is 13.4. The molecule has 3 N–H and O–H groups in total. The standard InChI is InChI=1S/C20H18ClN3O3S/c1-12-6-7-13(9-16(12)21)8-14-10-23-20(28-14)24-19(26)15-4-2-3-5-17(15)27-11-18(22)25/h2-7,9-10H,8,11H2,1H3,(H2,22,25)(H,23,24,26). The largest absolute Gasteiger partial charge is 0.483 e. The lowest BCUT2D eigenvalue weighted by atomic mass is 10.1. The molecule has 0 spiro atoms. The van der Waals surface area contributed by atoms with E-state index >= 15 is 0 Å². The van der Waals surface area contributed by atoms with Gasteiger partial charge in [-0.25, -0.2) is 4.98 Å². The molecule has 0 aliphatic heterocycles. The van der Waals surface area contributed by atoms with Crippen LogP contribution in [0.5, 0.6) is 5.75 Å². The highest BCUT2D eigenvalue weighted by Crippen LogP contribution is 2.25. The molecule has 2 amide bonds. The second-order valence-corrected chi connectivity index (χ2v) is 7.62. The number of nitrogens with two attached hydrogens (primary N) is 1. The zero-order valence-electron chi connectivity index (χ0n) is 15.1. The number of ether oxygens (including phenoxy) is 1. The summed E-state index contributed by atoms with van der Waals surface area (Å²) in [6.45, 7) is 1.66. The number of amides is 2. The normalized spacial score (nSPS) is 10.5. The Balaban J connectivity index is 1.69. The number of hydrogen-bond donors (Lipinski definition) is 2. The molecule has 0 radical (unpaired) electrons. The average Bonchev–Trinajstić information content (AvgIpc) is 3.10. The van der Waals surface area contributed by atoms with Gasteiger partial charge in [0, 0.05) is 22.5 Å². The van der Waals surface area contributed by atoms with E-state index in [2.05, 4.69) is 10.3 Å². The van der Waals surface area contributed by atoms with Crippen molar-refractivity contribution < 1.29 is 14.3 Å². The number of anilines is 1. The molecular formula is C20H18ClN3O3S. The van der Waals surface area contributed by atoms with Gasteiger partial charge in [0.15, 0.2) is 11.7 Å². The number of halogens is 1. The second-order valence-electron chi connectivity index (χ2n) is 6.10. The number of benzene rings is 2. The number of rotatable bonds is 7. The van der Waals surface area contributed by atoms with Gasteiger partial charge in [0.1, 0.15) is 5.75 Å². The summed E-state index contributed by atoms with van der Waals surface area (Å²) in [6.07, 6.45) is 2.40. The van der Waals surface area contributed by atoms with E-state index in [1.165, 1.54) is 11.3 Å². The molecule has 1 heterocycles. The SMILES string of the molecule is Cc1ccc(Cc2cnc(NC(=O)c3ccccc3OCC(N)=O)s2)cc1Cl. The smallest absolute Gasteiger partial charge is 0.261 e. The lowest BCUT2D eigenvalue weighted by Crippen LogP contribution is -2.21. The van der Waals surface area contributed by atoms with E-state index in [0.29, 0.717) is 17.1 Å². The Bertz CT molecular complexity index is 1020. The van der Waals surface area contributed by atoms with E-state index in [1.807, 2.05) is 25.1 Å². The fourth-order valence-electron chi connectivity index (χ4n) is 2.49. The van der Waals surface area contributed by atoms with Gasteiger partial charge < -0.3 is 10.5 Å². The molecule has 144 valence electrons. The Labute approximate surface area is 171 Å². The van der Waals surface area contributed by atoms with Gasteiger partial charge in [-0.15, -0.1) is 11.3 Å². The molecule has 1 aromatic heterocycles. The molecule has 0 aliphatic carbocycles. The molecule has 0 aliphatic rings. The minimum Gasteiger partial charge on any atom is -0.483 e. The van der Waals surface area contributed by atoms with Gasteiger partial charge >= 0.3 is 0 Å². The van der Waals surface area contributed by atoms with Crippen LogP contribution in [-0.4, -0.2) is 23.4 Å². The summed E-state index contributed by atoms with van der Waals surface area (Å²) in [5, 5.41) is 3.96. The fourth-order valence-corrected chi connectivity index (χ4v) is 3.53. The number of primary amides is 1. The highest BCUT2D eigenvalue weighted by molar-refractivity contribution is 7.15. The van der Waals surface area contributed by atoms with Crippen LogP contribution in [0.25, 0.3) is 0 Å². The molecule has 0 saturated carbocycles. The van der Waals surface area contributed by atoms with Gasteiger partial charge in [0.2, 0.25) is 0 Å².